The monoisotopic (exact) mass is 564 g/mol. The molecule has 0 bridgehead atoms. The van der Waals surface area contributed by atoms with E-state index in [-0.39, 0.29) is 5.75 Å². The lowest BCUT2D eigenvalue weighted by Crippen LogP contribution is -2.32. The van der Waals surface area contributed by atoms with Crippen molar-refractivity contribution >= 4 is 28.8 Å². The molecule has 0 amide bonds. The van der Waals surface area contributed by atoms with Crippen molar-refractivity contribution in [3.8, 4) is 22.8 Å². The number of rotatable bonds is 6. The highest BCUT2D eigenvalue weighted by Gasteiger charge is 2.31. The first-order chi connectivity index (χ1) is 19.1. The van der Waals surface area contributed by atoms with E-state index in [1.54, 1.807) is 18.0 Å². The highest BCUT2D eigenvalue weighted by Crippen LogP contribution is 2.35. The molecule has 4 aromatic rings. The molecule has 0 N–H and O–H groups in total. The fraction of sp³-hybridized carbons (Fsp3) is 0.241. The van der Waals surface area contributed by atoms with Gasteiger partial charge in [0.25, 0.3) is 0 Å². The topological polar surface area (TPSA) is 67.9 Å². The van der Waals surface area contributed by atoms with Crippen LogP contribution < -0.4 is 9.64 Å². The standard InChI is InChI=1S/C29H27F3N6OS/c1-18-13-19(2)26(20(3)14-18)38-21(4)16-40-28(38)35-34-15-22-5-7-23(8-6-22)27-33-17-37(36-27)24-9-11-25(12-10-24)39-29(30,31)32/h5-15,17,21H,16H2,1-4H3/b34-15+,35-28-. The van der Waals surface area contributed by atoms with Crippen LogP contribution in [-0.2, 0) is 0 Å². The number of hydrogen-bond donors (Lipinski definition) is 0. The zero-order valence-corrected chi connectivity index (χ0v) is 23.2. The van der Waals surface area contributed by atoms with E-state index in [9.17, 15) is 13.2 Å². The van der Waals surface area contributed by atoms with E-state index in [1.165, 1.54) is 57.7 Å². The summed E-state index contributed by atoms with van der Waals surface area (Å²) < 4.78 is 42.6. The molecule has 1 saturated heterocycles. The first kappa shape index (κ1) is 27.4. The van der Waals surface area contributed by atoms with Gasteiger partial charge in [-0.2, -0.15) is 5.10 Å². The Kier molecular flexibility index (Phi) is 7.66. The molecule has 1 unspecified atom stereocenters. The maximum absolute atomic E-state index is 12.4. The molecule has 0 aliphatic carbocycles. The summed E-state index contributed by atoms with van der Waals surface area (Å²) in [5.41, 5.74) is 7.10. The van der Waals surface area contributed by atoms with Gasteiger partial charge < -0.3 is 9.64 Å². The van der Waals surface area contributed by atoms with Crippen LogP contribution in [0.4, 0.5) is 18.9 Å². The number of nitrogens with zero attached hydrogens (tertiary/aromatic N) is 6. The van der Waals surface area contributed by atoms with Crippen LogP contribution in [-0.4, -0.2) is 44.3 Å². The van der Waals surface area contributed by atoms with Gasteiger partial charge in [-0.25, -0.2) is 9.67 Å². The van der Waals surface area contributed by atoms with Gasteiger partial charge in [0.2, 0.25) is 0 Å². The predicted octanol–water partition coefficient (Wildman–Crippen LogP) is 7.09. The molecule has 1 atom stereocenters. The van der Waals surface area contributed by atoms with Crippen LogP contribution in [0.25, 0.3) is 17.1 Å². The summed E-state index contributed by atoms with van der Waals surface area (Å²) in [6.45, 7) is 8.57. The lowest BCUT2D eigenvalue weighted by molar-refractivity contribution is -0.274. The van der Waals surface area contributed by atoms with Crippen molar-refractivity contribution in [1.82, 2.24) is 14.8 Å². The maximum Gasteiger partial charge on any atom is 0.573 e. The normalized spacial score (nSPS) is 16.8. The molecular formula is C29H27F3N6OS. The van der Waals surface area contributed by atoms with Gasteiger partial charge in [0.1, 0.15) is 12.1 Å². The molecule has 1 aromatic heterocycles. The summed E-state index contributed by atoms with van der Waals surface area (Å²) in [6.07, 6.45) is -1.52. The van der Waals surface area contributed by atoms with E-state index in [0.717, 1.165) is 22.0 Å². The lowest BCUT2D eigenvalue weighted by atomic mass is 10.0. The second-order valence-corrected chi connectivity index (χ2v) is 10.6. The van der Waals surface area contributed by atoms with Gasteiger partial charge in [-0.15, -0.1) is 23.4 Å². The van der Waals surface area contributed by atoms with Crippen molar-refractivity contribution in [2.75, 3.05) is 10.7 Å². The molecule has 7 nitrogen and oxygen atoms in total. The first-order valence-corrected chi connectivity index (χ1v) is 13.5. The molecule has 5 rings (SSSR count). The maximum atomic E-state index is 12.4. The minimum atomic E-state index is -4.74. The van der Waals surface area contributed by atoms with E-state index in [4.69, 9.17) is 0 Å². The Bertz CT molecular complexity index is 1540. The fourth-order valence-corrected chi connectivity index (χ4v) is 5.71. The van der Waals surface area contributed by atoms with Gasteiger partial charge in [0.15, 0.2) is 11.0 Å². The summed E-state index contributed by atoms with van der Waals surface area (Å²) in [5.74, 6) is 1.13. The minimum Gasteiger partial charge on any atom is -0.406 e. The molecule has 2 heterocycles. The van der Waals surface area contributed by atoms with Crippen molar-refractivity contribution in [1.29, 1.82) is 0 Å². The van der Waals surface area contributed by atoms with Crippen LogP contribution in [0.3, 0.4) is 0 Å². The van der Waals surface area contributed by atoms with Crippen molar-refractivity contribution in [3.63, 3.8) is 0 Å². The molecule has 40 heavy (non-hydrogen) atoms. The van der Waals surface area contributed by atoms with Crippen LogP contribution in [0.2, 0.25) is 0 Å². The Balaban J connectivity index is 1.28. The summed E-state index contributed by atoms with van der Waals surface area (Å²) in [6, 6.07) is 17.7. The molecule has 1 aliphatic rings. The predicted molar refractivity (Wildman–Crippen MR) is 154 cm³/mol. The average molecular weight is 565 g/mol. The number of anilines is 1. The number of halogens is 3. The number of amidine groups is 1. The Morgan fingerprint density at radius 1 is 1.00 bits per heavy atom. The molecule has 11 heteroatoms. The van der Waals surface area contributed by atoms with Crippen LogP contribution in [0.1, 0.15) is 29.2 Å². The van der Waals surface area contributed by atoms with E-state index in [0.29, 0.717) is 17.6 Å². The molecule has 1 fully saturated rings. The molecule has 3 aromatic carbocycles. The van der Waals surface area contributed by atoms with Gasteiger partial charge >= 0.3 is 6.36 Å². The van der Waals surface area contributed by atoms with E-state index >= 15 is 0 Å². The third kappa shape index (κ3) is 6.20. The zero-order valence-electron chi connectivity index (χ0n) is 22.3. The van der Waals surface area contributed by atoms with E-state index < -0.39 is 6.36 Å². The molecule has 1 aliphatic heterocycles. The number of hydrogen-bond acceptors (Lipinski definition) is 6. The minimum absolute atomic E-state index is 0.298. The molecule has 0 radical (unpaired) electrons. The van der Waals surface area contributed by atoms with Gasteiger partial charge in [-0.1, -0.05) is 53.7 Å². The van der Waals surface area contributed by atoms with E-state index in [2.05, 4.69) is 69.7 Å². The highest BCUT2D eigenvalue weighted by molar-refractivity contribution is 8.14. The zero-order chi connectivity index (χ0) is 28.4. The van der Waals surface area contributed by atoms with Gasteiger partial charge in [0.05, 0.1) is 11.9 Å². The molecule has 0 spiro atoms. The van der Waals surface area contributed by atoms with Crippen LogP contribution in [0.5, 0.6) is 5.75 Å². The quantitative estimate of drug-likeness (QED) is 0.185. The summed E-state index contributed by atoms with van der Waals surface area (Å²) in [4.78, 5) is 6.60. The number of benzene rings is 3. The lowest BCUT2D eigenvalue weighted by Gasteiger charge is -2.27. The van der Waals surface area contributed by atoms with Crippen molar-refractivity contribution in [2.45, 2.75) is 40.1 Å². The second-order valence-electron chi connectivity index (χ2n) is 9.58. The van der Waals surface area contributed by atoms with Gasteiger partial charge in [-0.05, 0) is 68.7 Å². The third-order valence-corrected chi connectivity index (χ3v) is 7.51. The van der Waals surface area contributed by atoms with Gasteiger partial charge in [0, 0.05) is 23.0 Å². The van der Waals surface area contributed by atoms with Crippen LogP contribution in [0, 0.1) is 20.8 Å². The Labute approximate surface area is 234 Å². The SMILES string of the molecule is Cc1cc(C)c(N2/C(=N/N=C/c3ccc(-c4ncn(-c5ccc(OC(F)(F)F)cc5)n4)cc3)SCC2C)c(C)c1. The van der Waals surface area contributed by atoms with E-state index in [1.807, 2.05) is 24.3 Å². The van der Waals surface area contributed by atoms with Crippen LogP contribution in [0.15, 0.2) is 77.2 Å². The smallest absolute Gasteiger partial charge is 0.406 e. The van der Waals surface area contributed by atoms with Crippen molar-refractivity contribution < 1.29 is 17.9 Å². The number of alkyl halides is 3. The number of aryl methyl sites for hydroxylation is 3. The average Bonchev–Trinajstić information content (AvgIpc) is 3.52. The molecule has 0 saturated carbocycles. The molecule has 206 valence electrons. The second kappa shape index (κ2) is 11.2. The number of ether oxygens (including phenoxy) is 1. The third-order valence-electron chi connectivity index (χ3n) is 6.32. The summed E-state index contributed by atoms with van der Waals surface area (Å²) in [7, 11) is 0. The van der Waals surface area contributed by atoms with Crippen molar-refractivity contribution in [2.24, 2.45) is 10.2 Å². The summed E-state index contributed by atoms with van der Waals surface area (Å²) in [5, 5.41) is 14.2. The number of aromatic nitrogens is 3. The number of thioether (sulfide) groups is 1. The molecular weight excluding hydrogens is 537 g/mol. The van der Waals surface area contributed by atoms with Crippen molar-refractivity contribution in [3.05, 3.63) is 89.2 Å². The summed E-state index contributed by atoms with van der Waals surface area (Å²) >= 11 is 1.70. The Morgan fingerprint density at radius 3 is 2.33 bits per heavy atom. The fourth-order valence-electron chi connectivity index (χ4n) is 4.66. The largest absolute Gasteiger partial charge is 0.573 e. The highest BCUT2D eigenvalue weighted by atomic mass is 32.2. The van der Waals surface area contributed by atoms with Gasteiger partial charge in [-0.3, -0.25) is 0 Å². The Hall–Kier alpha value is -4.12. The Morgan fingerprint density at radius 2 is 1.68 bits per heavy atom. The first-order valence-electron chi connectivity index (χ1n) is 12.6. The van der Waals surface area contributed by atoms with Crippen LogP contribution >= 0.6 is 11.8 Å².